The van der Waals surface area contributed by atoms with Gasteiger partial charge in [0, 0.05) is 17.5 Å². The molecule has 1 aromatic rings. The number of hydrogen-bond donors (Lipinski definition) is 3. The lowest BCUT2D eigenvalue weighted by atomic mass is 10.1. The highest BCUT2D eigenvalue weighted by atomic mass is 35.5. The minimum atomic E-state index is -0.774. The largest absolute Gasteiger partial charge is 0.481 e. The van der Waals surface area contributed by atoms with Crippen molar-refractivity contribution in [3.8, 4) is 0 Å². The second-order valence-corrected chi connectivity index (χ2v) is 6.70. The number of thiophene rings is 1. The Morgan fingerprint density at radius 1 is 1.40 bits per heavy atom. The third kappa shape index (κ3) is 4.38. The van der Waals surface area contributed by atoms with E-state index in [4.69, 9.17) is 16.7 Å². The first-order chi connectivity index (χ1) is 9.54. The molecule has 0 aliphatic heterocycles. The molecule has 1 fully saturated rings. The Labute approximate surface area is 126 Å². The summed E-state index contributed by atoms with van der Waals surface area (Å²) < 4.78 is 0.745. The first-order valence-corrected chi connectivity index (χ1v) is 7.75. The average Bonchev–Trinajstić information content (AvgIpc) is 2.99. The van der Waals surface area contributed by atoms with Crippen LogP contribution in [0.15, 0.2) is 12.1 Å². The van der Waals surface area contributed by atoms with E-state index in [9.17, 15) is 9.59 Å². The molecular weight excluding hydrogens is 300 g/mol. The Hall–Kier alpha value is -1.27. The van der Waals surface area contributed by atoms with Crippen molar-refractivity contribution in [2.75, 3.05) is 6.54 Å². The Bertz CT molecular complexity index is 492. The predicted octanol–water partition coefficient (Wildman–Crippen LogP) is 2.50. The molecule has 1 aliphatic rings. The van der Waals surface area contributed by atoms with Gasteiger partial charge in [-0.1, -0.05) is 11.6 Å². The number of urea groups is 1. The van der Waals surface area contributed by atoms with Crippen molar-refractivity contribution in [3.63, 3.8) is 0 Å². The molecule has 2 rings (SSSR count). The SMILES string of the molecule is O=C(NCCc1ccc(Cl)s1)NC1CCC(C(=O)O)C1. The van der Waals surface area contributed by atoms with E-state index in [0.717, 1.165) is 22.1 Å². The number of carboxylic acids is 1. The third-order valence-electron chi connectivity index (χ3n) is 3.40. The summed E-state index contributed by atoms with van der Waals surface area (Å²) in [5, 5.41) is 14.5. The van der Waals surface area contributed by atoms with Crippen LogP contribution in [-0.4, -0.2) is 29.7 Å². The lowest BCUT2D eigenvalue weighted by Gasteiger charge is -2.13. The molecule has 1 saturated carbocycles. The number of carbonyl (C=O) groups excluding carboxylic acids is 1. The minimum absolute atomic E-state index is 0.0349. The standard InChI is InChI=1S/C13H17ClN2O3S/c14-11-4-3-10(20-11)5-6-15-13(19)16-9-2-1-8(7-9)12(17)18/h3-4,8-9H,1-2,5-7H2,(H,17,18)(H2,15,16,19). The molecule has 0 spiro atoms. The summed E-state index contributed by atoms with van der Waals surface area (Å²) >= 11 is 7.33. The zero-order valence-corrected chi connectivity index (χ0v) is 12.5. The monoisotopic (exact) mass is 316 g/mol. The summed E-state index contributed by atoms with van der Waals surface area (Å²) in [4.78, 5) is 23.6. The molecule has 0 saturated heterocycles. The normalized spacial score (nSPS) is 21.6. The van der Waals surface area contributed by atoms with Crippen molar-refractivity contribution >= 4 is 34.9 Å². The maximum absolute atomic E-state index is 11.7. The average molecular weight is 317 g/mol. The number of rotatable bonds is 5. The fourth-order valence-corrected chi connectivity index (χ4v) is 3.45. The van der Waals surface area contributed by atoms with Crippen LogP contribution in [0.5, 0.6) is 0 Å². The number of amides is 2. The number of carboxylic acid groups (broad SMARTS) is 1. The van der Waals surface area contributed by atoms with Gasteiger partial charge in [0.15, 0.2) is 0 Å². The molecule has 0 aromatic carbocycles. The molecular formula is C13H17ClN2O3S. The van der Waals surface area contributed by atoms with Crippen LogP contribution in [0.4, 0.5) is 4.79 Å². The molecule has 2 unspecified atom stereocenters. The van der Waals surface area contributed by atoms with E-state index in [2.05, 4.69) is 10.6 Å². The zero-order valence-electron chi connectivity index (χ0n) is 10.9. The van der Waals surface area contributed by atoms with Gasteiger partial charge < -0.3 is 15.7 Å². The van der Waals surface area contributed by atoms with Crippen LogP contribution < -0.4 is 10.6 Å². The summed E-state index contributed by atoms with van der Waals surface area (Å²) in [7, 11) is 0. The van der Waals surface area contributed by atoms with Gasteiger partial charge in [-0.05, 0) is 37.8 Å². The Kier molecular flexibility index (Phi) is 5.25. The van der Waals surface area contributed by atoms with E-state index in [1.165, 1.54) is 11.3 Å². The number of hydrogen-bond acceptors (Lipinski definition) is 3. The molecule has 1 heterocycles. The van der Waals surface area contributed by atoms with Crippen LogP contribution in [0.25, 0.3) is 0 Å². The smallest absolute Gasteiger partial charge is 0.315 e. The van der Waals surface area contributed by atoms with Crippen LogP contribution in [0.3, 0.4) is 0 Å². The van der Waals surface area contributed by atoms with Crippen LogP contribution in [-0.2, 0) is 11.2 Å². The molecule has 1 aliphatic carbocycles. The Balaban J connectivity index is 1.65. The van der Waals surface area contributed by atoms with Gasteiger partial charge in [-0.15, -0.1) is 11.3 Å². The topological polar surface area (TPSA) is 78.4 Å². The molecule has 0 radical (unpaired) electrons. The highest BCUT2D eigenvalue weighted by Crippen LogP contribution is 2.25. The van der Waals surface area contributed by atoms with Gasteiger partial charge in [0.1, 0.15) is 0 Å². The van der Waals surface area contributed by atoms with E-state index >= 15 is 0 Å². The van der Waals surface area contributed by atoms with Crippen molar-refractivity contribution in [2.45, 2.75) is 31.7 Å². The first-order valence-electron chi connectivity index (χ1n) is 6.56. The molecule has 3 N–H and O–H groups in total. The minimum Gasteiger partial charge on any atom is -0.481 e. The Morgan fingerprint density at radius 3 is 2.80 bits per heavy atom. The highest BCUT2D eigenvalue weighted by molar-refractivity contribution is 7.16. The van der Waals surface area contributed by atoms with Crippen molar-refractivity contribution < 1.29 is 14.7 Å². The van der Waals surface area contributed by atoms with E-state index in [1.54, 1.807) is 0 Å². The van der Waals surface area contributed by atoms with Gasteiger partial charge in [0.05, 0.1) is 10.3 Å². The predicted molar refractivity (Wildman–Crippen MR) is 78.3 cm³/mol. The van der Waals surface area contributed by atoms with Gasteiger partial charge in [0.25, 0.3) is 0 Å². The first kappa shape index (κ1) is 15.1. The third-order valence-corrected chi connectivity index (χ3v) is 4.69. The summed E-state index contributed by atoms with van der Waals surface area (Å²) in [5.74, 6) is -1.10. The maximum atomic E-state index is 11.7. The summed E-state index contributed by atoms with van der Waals surface area (Å²) in [6.45, 7) is 0.539. The second-order valence-electron chi connectivity index (χ2n) is 4.90. The van der Waals surface area contributed by atoms with Crippen molar-refractivity contribution in [3.05, 3.63) is 21.3 Å². The van der Waals surface area contributed by atoms with Crippen LogP contribution in [0.1, 0.15) is 24.1 Å². The summed E-state index contributed by atoms with van der Waals surface area (Å²) in [6, 6.07) is 3.52. The maximum Gasteiger partial charge on any atom is 0.315 e. The van der Waals surface area contributed by atoms with E-state index in [1.807, 2.05) is 12.1 Å². The van der Waals surface area contributed by atoms with Gasteiger partial charge in [0.2, 0.25) is 0 Å². The molecule has 0 bridgehead atoms. The quantitative estimate of drug-likeness (QED) is 0.781. The number of halogens is 1. The van der Waals surface area contributed by atoms with E-state index < -0.39 is 5.97 Å². The van der Waals surface area contributed by atoms with Gasteiger partial charge in [-0.25, -0.2) is 4.79 Å². The second kappa shape index (κ2) is 6.95. The van der Waals surface area contributed by atoms with Crippen molar-refractivity contribution in [1.29, 1.82) is 0 Å². The summed E-state index contributed by atoms with van der Waals surface area (Å²) in [5.41, 5.74) is 0. The fourth-order valence-electron chi connectivity index (χ4n) is 2.36. The van der Waals surface area contributed by atoms with Crippen LogP contribution in [0, 0.1) is 5.92 Å². The zero-order chi connectivity index (χ0) is 14.5. The van der Waals surface area contributed by atoms with Crippen molar-refractivity contribution in [2.24, 2.45) is 5.92 Å². The molecule has 2 atom stereocenters. The van der Waals surface area contributed by atoms with Gasteiger partial charge >= 0.3 is 12.0 Å². The Morgan fingerprint density at radius 2 is 2.20 bits per heavy atom. The number of carbonyl (C=O) groups is 2. The number of nitrogens with one attached hydrogen (secondary N) is 2. The van der Waals surface area contributed by atoms with Crippen LogP contribution >= 0.6 is 22.9 Å². The molecule has 20 heavy (non-hydrogen) atoms. The lowest BCUT2D eigenvalue weighted by Crippen LogP contribution is -2.41. The van der Waals surface area contributed by atoms with E-state index in [0.29, 0.717) is 19.4 Å². The van der Waals surface area contributed by atoms with Gasteiger partial charge in [-0.2, -0.15) is 0 Å². The number of aliphatic carboxylic acids is 1. The van der Waals surface area contributed by atoms with Gasteiger partial charge in [-0.3, -0.25) is 4.79 Å². The molecule has 5 nitrogen and oxygen atoms in total. The van der Waals surface area contributed by atoms with Crippen LogP contribution in [0.2, 0.25) is 4.34 Å². The van der Waals surface area contributed by atoms with Crippen molar-refractivity contribution in [1.82, 2.24) is 10.6 Å². The molecule has 110 valence electrons. The molecule has 7 heteroatoms. The fraction of sp³-hybridized carbons (Fsp3) is 0.538. The highest BCUT2D eigenvalue weighted by Gasteiger charge is 2.30. The summed E-state index contributed by atoms with van der Waals surface area (Å²) in [6.07, 6.45) is 2.62. The van der Waals surface area contributed by atoms with E-state index in [-0.39, 0.29) is 18.0 Å². The molecule has 2 amide bonds. The lowest BCUT2D eigenvalue weighted by molar-refractivity contribution is -0.141. The molecule has 1 aromatic heterocycles.